The summed E-state index contributed by atoms with van der Waals surface area (Å²) in [5.41, 5.74) is 9.57. The third kappa shape index (κ3) is 3.16. The standard InChI is InChI=1S/C33H31BO3/c1-31(2)26-16-14-21(20-10-9-11-22(18-20)34-36-32(3,4)33(5,6)37-34)19-25(26)29-27(31)17-15-24-23-12-7-8-13-28(23)35-30(24)29/h7-19H,1-6H3. The molecule has 2 aliphatic rings. The zero-order valence-electron chi connectivity index (χ0n) is 22.3. The average molecular weight is 486 g/mol. The summed E-state index contributed by atoms with van der Waals surface area (Å²) >= 11 is 0. The minimum atomic E-state index is -0.380. The fourth-order valence-corrected chi connectivity index (χ4v) is 6.04. The third-order valence-electron chi connectivity index (χ3n) is 8.93. The van der Waals surface area contributed by atoms with E-state index in [1.54, 1.807) is 0 Å². The van der Waals surface area contributed by atoms with Crippen LogP contribution in [0.15, 0.2) is 83.3 Å². The number of furan rings is 1. The van der Waals surface area contributed by atoms with Gasteiger partial charge in [-0.3, -0.25) is 0 Å². The van der Waals surface area contributed by atoms with Gasteiger partial charge in [0.1, 0.15) is 11.2 Å². The van der Waals surface area contributed by atoms with Gasteiger partial charge in [0.2, 0.25) is 0 Å². The van der Waals surface area contributed by atoms with Crippen LogP contribution in [0, 0.1) is 0 Å². The molecule has 3 nitrogen and oxygen atoms in total. The van der Waals surface area contributed by atoms with Crippen LogP contribution < -0.4 is 5.46 Å². The molecule has 0 amide bonds. The van der Waals surface area contributed by atoms with Gasteiger partial charge in [-0.15, -0.1) is 0 Å². The van der Waals surface area contributed by atoms with E-state index in [4.69, 9.17) is 13.7 Å². The second kappa shape index (κ2) is 7.37. The van der Waals surface area contributed by atoms with Crippen LogP contribution in [0.4, 0.5) is 0 Å². The summed E-state index contributed by atoms with van der Waals surface area (Å²) in [7, 11) is -0.380. The molecule has 0 bridgehead atoms. The van der Waals surface area contributed by atoms with Crippen LogP contribution in [0.25, 0.3) is 44.2 Å². The molecule has 37 heavy (non-hydrogen) atoms. The van der Waals surface area contributed by atoms with Crippen molar-refractivity contribution in [3.8, 4) is 22.3 Å². The Labute approximate surface area is 218 Å². The van der Waals surface area contributed by atoms with Gasteiger partial charge in [0.25, 0.3) is 0 Å². The summed E-state index contributed by atoms with van der Waals surface area (Å²) in [4.78, 5) is 0. The molecule has 0 radical (unpaired) electrons. The van der Waals surface area contributed by atoms with Gasteiger partial charge < -0.3 is 13.7 Å². The zero-order valence-corrected chi connectivity index (χ0v) is 22.3. The van der Waals surface area contributed by atoms with Gasteiger partial charge in [0.05, 0.1) is 11.2 Å². The predicted octanol–water partition coefficient (Wildman–Crippen LogP) is 7.86. The fourth-order valence-electron chi connectivity index (χ4n) is 6.04. The van der Waals surface area contributed by atoms with E-state index in [1.807, 2.05) is 6.07 Å². The molecule has 2 heterocycles. The van der Waals surface area contributed by atoms with Crippen molar-refractivity contribution in [2.24, 2.45) is 0 Å². The van der Waals surface area contributed by atoms with E-state index in [-0.39, 0.29) is 23.7 Å². The fraction of sp³-hybridized carbons (Fsp3) is 0.273. The third-order valence-corrected chi connectivity index (χ3v) is 8.93. The number of benzene rings is 4. The first-order chi connectivity index (χ1) is 17.6. The van der Waals surface area contributed by atoms with Crippen LogP contribution in [0.5, 0.6) is 0 Å². The summed E-state index contributed by atoms with van der Waals surface area (Å²) in [5.74, 6) is 0. The molecule has 5 aromatic rings. The molecule has 0 unspecified atom stereocenters. The molecule has 0 saturated carbocycles. The van der Waals surface area contributed by atoms with Gasteiger partial charge in [-0.2, -0.15) is 0 Å². The van der Waals surface area contributed by atoms with Crippen molar-refractivity contribution < 1.29 is 13.7 Å². The van der Waals surface area contributed by atoms with Crippen LogP contribution in [0.3, 0.4) is 0 Å². The Morgan fingerprint density at radius 3 is 2.11 bits per heavy atom. The maximum atomic E-state index is 6.48. The Hall–Kier alpha value is -3.34. The van der Waals surface area contributed by atoms with Gasteiger partial charge in [-0.25, -0.2) is 0 Å². The molecule has 0 atom stereocenters. The Morgan fingerprint density at radius 2 is 1.32 bits per heavy atom. The minimum absolute atomic E-state index is 0.0963. The van der Waals surface area contributed by atoms with E-state index in [1.165, 1.54) is 33.2 Å². The van der Waals surface area contributed by atoms with Crippen LogP contribution >= 0.6 is 0 Å². The van der Waals surface area contributed by atoms with Crippen molar-refractivity contribution in [1.82, 2.24) is 0 Å². The maximum Gasteiger partial charge on any atom is 0.494 e. The molecule has 4 aromatic carbocycles. The number of fused-ring (bicyclic) bond motifs is 7. The molecule has 1 aliphatic carbocycles. The molecular weight excluding hydrogens is 455 g/mol. The van der Waals surface area contributed by atoms with Gasteiger partial charge >= 0.3 is 7.12 Å². The van der Waals surface area contributed by atoms with Gasteiger partial charge in [-0.05, 0) is 73.1 Å². The van der Waals surface area contributed by atoms with Gasteiger partial charge in [0, 0.05) is 21.8 Å². The molecule has 1 saturated heterocycles. The van der Waals surface area contributed by atoms with Gasteiger partial charge in [0.15, 0.2) is 0 Å². The highest BCUT2D eigenvalue weighted by atomic mass is 16.7. The molecule has 1 aliphatic heterocycles. The molecule has 0 spiro atoms. The highest BCUT2D eigenvalue weighted by Gasteiger charge is 2.51. The Bertz CT molecular complexity index is 1710. The van der Waals surface area contributed by atoms with E-state index in [0.717, 1.165) is 27.6 Å². The smallest absolute Gasteiger partial charge is 0.455 e. The Balaban J connectivity index is 1.37. The number of hydrogen-bond donors (Lipinski definition) is 0. The van der Waals surface area contributed by atoms with Crippen molar-refractivity contribution in [2.45, 2.75) is 58.2 Å². The minimum Gasteiger partial charge on any atom is -0.455 e. The Morgan fingerprint density at radius 1 is 0.622 bits per heavy atom. The molecule has 7 rings (SSSR count). The number of rotatable bonds is 2. The lowest BCUT2D eigenvalue weighted by Crippen LogP contribution is -2.41. The van der Waals surface area contributed by atoms with Crippen LogP contribution in [-0.2, 0) is 14.7 Å². The lowest BCUT2D eigenvalue weighted by Gasteiger charge is -2.32. The van der Waals surface area contributed by atoms with E-state index >= 15 is 0 Å². The summed E-state index contributed by atoms with van der Waals surface area (Å²) in [6.07, 6.45) is 0. The second-order valence-electron chi connectivity index (χ2n) is 12.1. The van der Waals surface area contributed by atoms with Crippen LogP contribution in [-0.4, -0.2) is 18.3 Å². The highest BCUT2D eigenvalue weighted by Crippen LogP contribution is 2.53. The molecule has 1 aromatic heterocycles. The number of hydrogen-bond acceptors (Lipinski definition) is 3. The maximum absolute atomic E-state index is 6.48. The van der Waals surface area contributed by atoms with Gasteiger partial charge in [-0.1, -0.05) is 80.6 Å². The topological polar surface area (TPSA) is 31.6 Å². The quantitative estimate of drug-likeness (QED) is 0.238. The van der Waals surface area contributed by atoms with Crippen LogP contribution in [0.1, 0.15) is 52.7 Å². The van der Waals surface area contributed by atoms with E-state index in [9.17, 15) is 0 Å². The summed E-state index contributed by atoms with van der Waals surface area (Å²) < 4.78 is 19.1. The van der Waals surface area contributed by atoms with Crippen molar-refractivity contribution >= 4 is 34.5 Å². The van der Waals surface area contributed by atoms with Crippen molar-refractivity contribution in [1.29, 1.82) is 0 Å². The monoisotopic (exact) mass is 486 g/mol. The summed E-state index contributed by atoms with van der Waals surface area (Å²) in [6.45, 7) is 13.0. The lowest BCUT2D eigenvalue weighted by atomic mass is 9.77. The second-order valence-corrected chi connectivity index (χ2v) is 12.1. The normalized spacial score (nSPS) is 18.9. The molecular formula is C33H31BO3. The van der Waals surface area contributed by atoms with Crippen LogP contribution in [0.2, 0.25) is 0 Å². The van der Waals surface area contributed by atoms with E-state index < -0.39 is 0 Å². The molecule has 184 valence electrons. The largest absolute Gasteiger partial charge is 0.494 e. The molecule has 4 heteroatoms. The lowest BCUT2D eigenvalue weighted by molar-refractivity contribution is 0.00578. The van der Waals surface area contributed by atoms with Crippen molar-refractivity contribution in [2.75, 3.05) is 0 Å². The highest BCUT2D eigenvalue weighted by molar-refractivity contribution is 6.62. The number of para-hydroxylation sites is 1. The SMILES string of the molecule is CC1(C)c2ccc(-c3cccc(B4OC(C)(C)C(C)(C)O4)c3)cc2-c2c1ccc1c2oc2ccccc21. The van der Waals surface area contributed by atoms with Crippen molar-refractivity contribution in [3.63, 3.8) is 0 Å². The molecule has 1 fully saturated rings. The first kappa shape index (κ1) is 22.8. The first-order valence-corrected chi connectivity index (χ1v) is 13.1. The zero-order chi connectivity index (χ0) is 25.7. The first-order valence-electron chi connectivity index (χ1n) is 13.1. The van der Waals surface area contributed by atoms with Crippen molar-refractivity contribution in [3.05, 3.63) is 90.0 Å². The van der Waals surface area contributed by atoms with E-state index in [0.29, 0.717) is 0 Å². The summed E-state index contributed by atoms with van der Waals surface area (Å²) in [6, 6.07) is 28.2. The predicted molar refractivity (Wildman–Crippen MR) is 152 cm³/mol. The van der Waals surface area contributed by atoms with E-state index in [2.05, 4.69) is 114 Å². The Kier molecular flexibility index (Phi) is 4.55. The molecule has 0 N–H and O–H groups in total. The average Bonchev–Trinajstić information content (AvgIpc) is 3.43. The summed E-state index contributed by atoms with van der Waals surface area (Å²) in [5, 5.41) is 2.34.